The van der Waals surface area contributed by atoms with Gasteiger partial charge in [-0.3, -0.25) is 0 Å². The fourth-order valence-electron chi connectivity index (χ4n) is 0.287. The highest BCUT2D eigenvalue weighted by Crippen LogP contribution is 1.86. The van der Waals surface area contributed by atoms with Crippen LogP contribution in [-0.4, -0.2) is 0 Å². The third-order valence-electron chi connectivity index (χ3n) is 0.678. The number of allylic oxidation sites excluding steroid dienone is 2. The molecule has 0 aliphatic rings. The summed E-state index contributed by atoms with van der Waals surface area (Å²) in [5, 5.41) is 0. The minimum absolute atomic E-state index is 1.09. The van der Waals surface area contributed by atoms with Gasteiger partial charge < -0.3 is 0 Å². The van der Waals surface area contributed by atoms with Crippen LogP contribution in [-0.2, 0) is 0 Å². The highest BCUT2D eigenvalue weighted by molar-refractivity contribution is 5.11. The SMILES string of the molecule is C=CC(C)=C=CC. The lowest BCUT2D eigenvalue weighted by molar-refractivity contribution is 1.54. The van der Waals surface area contributed by atoms with Gasteiger partial charge in [-0.2, -0.15) is 0 Å². The third kappa shape index (κ3) is 3.08. The van der Waals surface area contributed by atoms with Crippen molar-refractivity contribution in [3.63, 3.8) is 0 Å². The molecule has 0 unspecified atom stereocenters. The molecule has 0 heterocycles. The molecule has 0 amide bonds. The molecule has 0 spiro atoms. The summed E-state index contributed by atoms with van der Waals surface area (Å²) < 4.78 is 0. The van der Waals surface area contributed by atoms with E-state index in [9.17, 15) is 0 Å². The minimum atomic E-state index is 1.09. The molecule has 0 atom stereocenters. The van der Waals surface area contributed by atoms with E-state index in [0.29, 0.717) is 0 Å². The van der Waals surface area contributed by atoms with Gasteiger partial charge in [0.05, 0.1) is 0 Å². The lowest BCUT2D eigenvalue weighted by Crippen LogP contribution is -1.55. The van der Waals surface area contributed by atoms with Crippen molar-refractivity contribution in [3.8, 4) is 0 Å². The second kappa shape index (κ2) is 3.45. The molecule has 38 valence electrons. The van der Waals surface area contributed by atoms with E-state index in [1.807, 2.05) is 19.9 Å². The Labute approximate surface area is 44.9 Å². The maximum Gasteiger partial charge on any atom is -0.0101 e. The second-order valence-electron chi connectivity index (χ2n) is 1.32. The van der Waals surface area contributed by atoms with Crippen molar-refractivity contribution in [3.05, 3.63) is 30.0 Å². The van der Waals surface area contributed by atoms with E-state index >= 15 is 0 Å². The summed E-state index contributed by atoms with van der Waals surface area (Å²) in [7, 11) is 0. The highest BCUT2D eigenvalue weighted by Gasteiger charge is 1.66. The summed E-state index contributed by atoms with van der Waals surface area (Å²) in [5.74, 6) is 0. The smallest absolute Gasteiger partial charge is 0.0101 e. The van der Waals surface area contributed by atoms with Gasteiger partial charge in [0.1, 0.15) is 0 Å². The van der Waals surface area contributed by atoms with E-state index in [-0.39, 0.29) is 0 Å². The first-order valence-electron chi connectivity index (χ1n) is 2.31. The summed E-state index contributed by atoms with van der Waals surface area (Å²) in [5.41, 5.74) is 4.05. The normalized spacial score (nSPS) is 6.57. The van der Waals surface area contributed by atoms with Crippen LogP contribution >= 0.6 is 0 Å². The fourth-order valence-corrected chi connectivity index (χ4v) is 0.287. The molecule has 0 heteroatoms. The van der Waals surface area contributed by atoms with Gasteiger partial charge in [-0.25, -0.2) is 0 Å². The van der Waals surface area contributed by atoms with Gasteiger partial charge in [0.15, 0.2) is 0 Å². The standard InChI is InChI=1S/C7H10/c1-4-6-7(3)5-2/h4-5H,2H2,1,3H3. The summed E-state index contributed by atoms with van der Waals surface area (Å²) in [4.78, 5) is 0. The van der Waals surface area contributed by atoms with Gasteiger partial charge in [-0.15, -0.1) is 5.73 Å². The van der Waals surface area contributed by atoms with Crippen LogP contribution in [0.1, 0.15) is 13.8 Å². The molecule has 0 fully saturated rings. The Morgan fingerprint density at radius 2 is 2.29 bits per heavy atom. The van der Waals surface area contributed by atoms with Crippen molar-refractivity contribution in [1.29, 1.82) is 0 Å². The van der Waals surface area contributed by atoms with Crippen molar-refractivity contribution >= 4 is 0 Å². The average molecular weight is 94.2 g/mol. The Morgan fingerprint density at radius 3 is 2.43 bits per heavy atom. The number of rotatable bonds is 1. The molecule has 0 saturated heterocycles. The zero-order valence-electron chi connectivity index (χ0n) is 4.86. The summed E-state index contributed by atoms with van der Waals surface area (Å²) in [6.45, 7) is 7.46. The van der Waals surface area contributed by atoms with Gasteiger partial charge in [0.25, 0.3) is 0 Å². The predicted molar refractivity (Wildman–Crippen MR) is 33.1 cm³/mol. The van der Waals surface area contributed by atoms with Gasteiger partial charge in [0, 0.05) is 0 Å². The average Bonchev–Trinajstić information content (AvgIpc) is 1.68. The van der Waals surface area contributed by atoms with E-state index in [4.69, 9.17) is 0 Å². The van der Waals surface area contributed by atoms with Crippen LogP contribution in [0.25, 0.3) is 0 Å². The molecule has 0 aliphatic heterocycles. The molecular weight excluding hydrogens is 84.1 g/mol. The molecule has 0 saturated carbocycles. The van der Waals surface area contributed by atoms with Crippen molar-refractivity contribution in [1.82, 2.24) is 0 Å². The van der Waals surface area contributed by atoms with Crippen molar-refractivity contribution < 1.29 is 0 Å². The van der Waals surface area contributed by atoms with Crippen LogP contribution in [0.15, 0.2) is 30.0 Å². The molecular formula is C7H10. The summed E-state index contributed by atoms with van der Waals surface area (Å²) in [6, 6.07) is 0. The zero-order chi connectivity index (χ0) is 5.70. The molecule has 0 N–H and O–H groups in total. The zero-order valence-corrected chi connectivity index (χ0v) is 4.86. The van der Waals surface area contributed by atoms with E-state index in [1.54, 1.807) is 6.08 Å². The van der Waals surface area contributed by atoms with Crippen molar-refractivity contribution in [2.75, 3.05) is 0 Å². The van der Waals surface area contributed by atoms with E-state index in [0.717, 1.165) is 5.57 Å². The second-order valence-corrected chi connectivity index (χ2v) is 1.32. The first-order chi connectivity index (χ1) is 3.31. The van der Waals surface area contributed by atoms with Crippen LogP contribution in [0.4, 0.5) is 0 Å². The van der Waals surface area contributed by atoms with Crippen LogP contribution < -0.4 is 0 Å². The van der Waals surface area contributed by atoms with E-state index < -0.39 is 0 Å². The Kier molecular flexibility index (Phi) is 3.09. The molecule has 0 radical (unpaired) electrons. The van der Waals surface area contributed by atoms with Crippen LogP contribution in [0.3, 0.4) is 0 Å². The minimum Gasteiger partial charge on any atom is -0.122 e. The van der Waals surface area contributed by atoms with Gasteiger partial charge in [-0.1, -0.05) is 12.7 Å². The fraction of sp³-hybridized carbons (Fsp3) is 0.286. The van der Waals surface area contributed by atoms with E-state index in [1.165, 1.54) is 0 Å². The lowest BCUT2D eigenvalue weighted by Gasteiger charge is -1.74. The first-order valence-corrected chi connectivity index (χ1v) is 2.31. The molecule has 0 aromatic heterocycles. The summed E-state index contributed by atoms with van der Waals surface area (Å²) >= 11 is 0. The lowest BCUT2D eigenvalue weighted by atomic mass is 10.3. The topological polar surface area (TPSA) is 0 Å². The predicted octanol–water partition coefficient (Wildman–Crippen LogP) is 2.29. The molecule has 0 aromatic rings. The Morgan fingerprint density at radius 1 is 1.71 bits per heavy atom. The maximum absolute atomic E-state index is 3.56. The number of hydrogen-bond acceptors (Lipinski definition) is 0. The van der Waals surface area contributed by atoms with Crippen molar-refractivity contribution in [2.45, 2.75) is 13.8 Å². The summed E-state index contributed by atoms with van der Waals surface area (Å²) in [6.07, 6.45) is 3.65. The molecule has 0 aromatic carbocycles. The van der Waals surface area contributed by atoms with E-state index in [2.05, 4.69) is 12.3 Å². The Bertz CT molecular complexity index is 112. The Hall–Kier alpha value is -0.740. The maximum atomic E-state index is 3.56. The highest BCUT2D eigenvalue weighted by atomic mass is 13.7. The molecule has 0 bridgehead atoms. The van der Waals surface area contributed by atoms with Gasteiger partial charge in [-0.05, 0) is 25.5 Å². The van der Waals surface area contributed by atoms with Crippen molar-refractivity contribution in [2.24, 2.45) is 0 Å². The Balaban J connectivity index is 4.00. The third-order valence-corrected chi connectivity index (χ3v) is 0.678. The van der Waals surface area contributed by atoms with Crippen LogP contribution in [0.5, 0.6) is 0 Å². The molecule has 0 rings (SSSR count). The van der Waals surface area contributed by atoms with Gasteiger partial charge >= 0.3 is 0 Å². The molecule has 0 nitrogen and oxygen atoms in total. The van der Waals surface area contributed by atoms with Crippen LogP contribution in [0.2, 0.25) is 0 Å². The number of hydrogen-bond donors (Lipinski definition) is 0. The monoisotopic (exact) mass is 94.1 g/mol. The first kappa shape index (κ1) is 6.26. The quantitative estimate of drug-likeness (QED) is 0.345. The largest absolute Gasteiger partial charge is 0.122 e. The molecule has 7 heavy (non-hydrogen) atoms. The van der Waals surface area contributed by atoms with Crippen LogP contribution in [0, 0.1) is 0 Å². The van der Waals surface area contributed by atoms with Gasteiger partial charge in [0.2, 0.25) is 0 Å². The molecule has 0 aliphatic carbocycles.